The van der Waals surface area contributed by atoms with Gasteiger partial charge in [0.25, 0.3) is 0 Å². The predicted molar refractivity (Wildman–Crippen MR) is 127 cm³/mol. The Morgan fingerprint density at radius 3 is 2.47 bits per heavy atom. The molecule has 3 saturated carbocycles. The zero-order valence-electron chi connectivity index (χ0n) is 20.5. The van der Waals surface area contributed by atoms with Gasteiger partial charge in [0.1, 0.15) is 0 Å². The zero-order valence-corrected chi connectivity index (χ0v) is 20.5. The van der Waals surface area contributed by atoms with Crippen molar-refractivity contribution in [3.8, 4) is 0 Å². The molecule has 0 heterocycles. The Balaban J connectivity index is 1.52. The molecule has 8 atom stereocenters. The molecule has 0 N–H and O–H groups in total. The Kier molecular flexibility index (Phi) is 6.15. The molecule has 0 aromatic heterocycles. The maximum atomic E-state index is 12.1. The van der Waals surface area contributed by atoms with Crippen LogP contribution in [0.5, 0.6) is 0 Å². The van der Waals surface area contributed by atoms with Gasteiger partial charge in [-0.05, 0) is 110 Å². The highest BCUT2D eigenvalue weighted by atomic mass is 16.1. The van der Waals surface area contributed by atoms with Crippen LogP contribution in [-0.2, 0) is 4.79 Å². The highest BCUT2D eigenvalue weighted by Gasteiger charge is 2.59. The van der Waals surface area contributed by atoms with Gasteiger partial charge in [0.05, 0.1) is 0 Å². The van der Waals surface area contributed by atoms with Crippen LogP contribution < -0.4 is 0 Å². The highest BCUT2D eigenvalue weighted by Crippen LogP contribution is 2.67. The summed E-state index contributed by atoms with van der Waals surface area (Å²) in [7, 11) is 0. The summed E-state index contributed by atoms with van der Waals surface area (Å²) < 4.78 is 0. The molecule has 0 saturated heterocycles. The van der Waals surface area contributed by atoms with E-state index in [1.54, 1.807) is 0 Å². The Morgan fingerprint density at radius 1 is 1.00 bits per heavy atom. The van der Waals surface area contributed by atoms with Crippen molar-refractivity contribution in [3.63, 3.8) is 0 Å². The molecule has 0 aromatic rings. The SMILES string of the molecule is CCC(C=C[C@@H](C)C1CCC2[C@@H]3CCC4=CC(=O)CC[C@]4(C)C3CC[C@@]21C)C(C)C. The first-order valence-corrected chi connectivity index (χ1v) is 13.1. The summed E-state index contributed by atoms with van der Waals surface area (Å²) in [5, 5.41) is 0. The van der Waals surface area contributed by atoms with Crippen LogP contribution in [0, 0.1) is 52.3 Å². The molecule has 1 heteroatoms. The van der Waals surface area contributed by atoms with E-state index in [1.165, 1.54) is 50.5 Å². The monoisotopic (exact) mass is 410 g/mol. The van der Waals surface area contributed by atoms with E-state index in [4.69, 9.17) is 0 Å². The molecule has 0 amide bonds. The van der Waals surface area contributed by atoms with E-state index >= 15 is 0 Å². The number of hydrogen-bond acceptors (Lipinski definition) is 1. The molecule has 168 valence electrons. The lowest BCUT2D eigenvalue weighted by molar-refractivity contribution is -0.117. The lowest BCUT2D eigenvalue weighted by Gasteiger charge is -2.58. The van der Waals surface area contributed by atoms with E-state index in [2.05, 4.69) is 59.8 Å². The Bertz CT molecular complexity index is 714. The van der Waals surface area contributed by atoms with Gasteiger partial charge >= 0.3 is 0 Å². The van der Waals surface area contributed by atoms with Crippen LogP contribution in [0.15, 0.2) is 23.8 Å². The Labute approximate surface area is 186 Å². The third-order valence-electron chi connectivity index (χ3n) is 10.7. The summed E-state index contributed by atoms with van der Waals surface area (Å²) in [5.74, 6) is 6.01. The van der Waals surface area contributed by atoms with Gasteiger partial charge in [-0.2, -0.15) is 0 Å². The van der Waals surface area contributed by atoms with Crippen molar-refractivity contribution in [1.82, 2.24) is 0 Å². The van der Waals surface area contributed by atoms with Crippen LogP contribution >= 0.6 is 0 Å². The normalized spacial score (nSPS) is 43.2. The molecule has 0 bridgehead atoms. The molecule has 3 fully saturated rings. The highest BCUT2D eigenvalue weighted by molar-refractivity contribution is 5.91. The Hall–Kier alpha value is -0.850. The summed E-state index contributed by atoms with van der Waals surface area (Å²) >= 11 is 0. The number of rotatable bonds is 5. The third kappa shape index (κ3) is 3.57. The molecule has 4 rings (SSSR count). The van der Waals surface area contributed by atoms with Crippen molar-refractivity contribution in [2.24, 2.45) is 52.3 Å². The minimum absolute atomic E-state index is 0.313. The fraction of sp³-hybridized carbons (Fsp3) is 0.828. The van der Waals surface area contributed by atoms with Gasteiger partial charge in [0, 0.05) is 6.42 Å². The second kappa shape index (κ2) is 8.25. The van der Waals surface area contributed by atoms with Crippen molar-refractivity contribution in [2.45, 2.75) is 99.3 Å². The average Bonchev–Trinajstić information content (AvgIpc) is 3.06. The number of allylic oxidation sites excluding steroid dienone is 3. The number of fused-ring (bicyclic) bond motifs is 5. The summed E-state index contributed by atoms with van der Waals surface area (Å²) in [6.45, 7) is 14.7. The van der Waals surface area contributed by atoms with Crippen LogP contribution in [-0.4, -0.2) is 5.78 Å². The molecule has 4 aliphatic carbocycles. The van der Waals surface area contributed by atoms with Crippen LogP contribution in [0.2, 0.25) is 0 Å². The largest absolute Gasteiger partial charge is 0.295 e. The van der Waals surface area contributed by atoms with E-state index < -0.39 is 0 Å². The van der Waals surface area contributed by atoms with E-state index in [1.807, 2.05) is 0 Å². The van der Waals surface area contributed by atoms with Crippen molar-refractivity contribution >= 4 is 5.78 Å². The van der Waals surface area contributed by atoms with Crippen molar-refractivity contribution in [1.29, 1.82) is 0 Å². The molecule has 4 aliphatic rings. The smallest absolute Gasteiger partial charge is 0.155 e. The molecule has 30 heavy (non-hydrogen) atoms. The summed E-state index contributed by atoms with van der Waals surface area (Å²) in [6, 6.07) is 0. The molecule has 4 unspecified atom stereocenters. The van der Waals surface area contributed by atoms with Gasteiger partial charge in [0.2, 0.25) is 0 Å². The molecule has 1 nitrogen and oxygen atoms in total. The maximum absolute atomic E-state index is 12.1. The zero-order chi connectivity index (χ0) is 21.7. The minimum atomic E-state index is 0.313. The molecule has 0 aliphatic heterocycles. The molecule has 0 aromatic carbocycles. The van der Waals surface area contributed by atoms with Crippen LogP contribution in [0.25, 0.3) is 0 Å². The number of hydrogen-bond donors (Lipinski definition) is 0. The second-order valence-electron chi connectivity index (χ2n) is 12.3. The number of carbonyl (C=O) groups excluding carboxylic acids is 1. The third-order valence-corrected chi connectivity index (χ3v) is 10.7. The van der Waals surface area contributed by atoms with E-state index in [-0.39, 0.29) is 0 Å². The molecular formula is C29H46O. The van der Waals surface area contributed by atoms with Crippen molar-refractivity contribution in [2.75, 3.05) is 0 Å². The quantitative estimate of drug-likeness (QED) is 0.419. The molecular weight excluding hydrogens is 364 g/mol. The molecule has 0 spiro atoms. The van der Waals surface area contributed by atoms with Gasteiger partial charge in [0.15, 0.2) is 5.78 Å². The maximum Gasteiger partial charge on any atom is 0.155 e. The van der Waals surface area contributed by atoms with Gasteiger partial charge in [-0.15, -0.1) is 0 Å². The summed E-state index contributed by atoms with van der Waals surface area (Å²) in [4.78, 5) is 12.1. The first-order valence-electron chi connectivity index (χ1n) is 13.1. The van der Waals surface area contributed by atoms with Gasteiger partial charge in [-0.1, -0.05) is 59.3 Å². The lowest BCUT2D eigenvalue weighted by atomic mass is 9.46. The Morgan fingerprint density at radius 2 is 1.77 bits per heavy atom. The molecule has 0 radical (unpaired) electrons. The number of ketones is 1. The lowest BCUT2D eigenvalue weighted by Crippen LogP contribution is -2.50. The first kappa shape index (κ1) is 22.3. The van der Waals surface area contributed by atoms with E-state index in [9.17, 15) is 4.79 Å². The van der Waals surface area contributed by atoms with Crippen molar-refractivity contribution < 1.29 is 4.79 Å². The number of carbonyl (C=O) groups is 1. The summed E-state index contributed by atoms with van der Waals surface area (Å²) in [5.41, 5.74) is 2.34. The van der Waals surface area contributed by atoms with Crippen LogP contribution in [0.4, 0.5) is 0 Å². The van der Waals surface area contributed by atoms with Gasteiger partial charge in [-0.25, -0.2) is 0 Å². The average molecular weight is 411 g/mol. The summed E-state index contributed by atoms with van der Waals surface area (Å²) in [6.07, 6.45) is 18.5. The van der Waals surface area contributed by atoms with Crippen LogP contribution in [0.3, 0.4) is 0 Å². The fourth-order valence-corrected chi connectivity index (χ4v) is 8.75. The topological polar surface area (TPSA) is 17.1 Å². The van der Waals surface area contributed by atoms with Crippen LogP contribution in [0.1, 0.15) is 99.3 Å². The standard InChI is InChI=1S/C29H46O/c1-7-21(19(2)3)9-8-20(4)25-12-13-26-24-11-10-22-18-23(30)14-16-28(22,5)27(24)15-17-29(25,26)6/h8-9,18-21,24-27H,7,10-17H2,1-6H3/t20-,21?,24+,25?,26?,27?,28+,29-/m1/s1. The first-order chi connectivity index (χ1) is 14.2. The van der Waals surface area contributed by atoms with Gasteiger partial charge < -0.3 is 0 Å². The second-order valence-corrected chi connectivity index (χ2v) is 12.3. The minimum Gasteiger partial charge on any atom is -0.295 e. The van der Waals surface area contributed by atoms with Gasteiger partial charge in [-0.3, -0.25) is 4.79 Å². The van der Waals surface area contributed by atoms with E-state index in [0.29, 0.717) is 22.5 Å². The van der Waals surface area contributed by atoms with E-state index in [0.717, 1.165) is 48.3 Å². The fourth-order valence-electron chi connectivity index (χ4n) is 8.75. The van der Waals surface area contributed by atoms with Crippen molar-refractivity contribution in [3.05, 3.63) is 23.8 Å². The predicted octanol–water partition coefficient (Wildman–Crippen LogP) is 8.01.